The summed E-state index contributed by atoms with van der Waals surface area (Å²) in [7, 11) is 0. The minimum absolute atomic E-state index is 0.0143. The Kier molecular flexibility index (Phi) is 10.4. The molecule has 0 amide bonds. The van der Waals surface area contributed by atoms with Crippen molar-refractivity contribution in [2.45, 2.75) is 174 Å². The molecule has 0 radical (unpaired) electrons. The van der Waals surface area contributed by atoms with Crippen molar-refractivity contribution in [3.8, 4) is 11.1 Å². The number of hydrogen-bond donors (Lipinski definition) is 0. The Bertz CT molecular complexity index is 4150. The van der Waals surface area contributed by atoms with Crippen LogP contribution in [0, 0.1) is 20.8 Å². The minimum Gasteiger partial charge on any atom is -0.456 e. The summed E-state index contributed by atoms with van der Waals surface area (Å²) >= 11 is 0. The van der Waals surface area contributed by atoms with Gasteiger partial charge in [-0.1, -0.05) is 142 Å². The number of fused-ring (bicyclic) bond motifs is 12. The summed E-state index contributed by atoms with van der Waals surface area (Å²) in [4.78, 5) is 8.18. The van der Waals surface area contributed by atoms with Crippen molar-refractivity contribution in [2.24, 2.45) is 0 Å². The molecule has 1 saturated carbocycles. The fraction of sp³-hybridized carbons (Fsp3) is 0.360. The van der Waals surface area contributed by atoms with Crippen LogP contribution in [-0.2, 0) is 27.1 Å². The molecule has 80 heavy (non-hydrogen) atoms. The molecule has 2 atom stereocenters. The van der Waals surface area contributed by atoms with Crippen molar-refractivity contribution < 1.29 is 4.42 Å². The van der Waals surface area contributed by atoms with E-state index < -0.39 is 0 Å². The van der Waals surface area contributed by atoms with Gasteiger partial charge in [-0.25, -0.2) is 0 Å². The van der Waals surface area contributed by atoms with Gasteiger partial charge in [0, 0.05) is 67.8 Å². The van der Waals surface area contributed by atoms with E-state index in [0.29, 0.717) is 0 Å². The largest absolute Gasteiger partial charge is 0.456 e. The molecule has 0 saturated heterocycles. The van der Waals surface area contributed by atoms with Crippen LogP contribution in [0.25, 0.3) is 33.1 Å². The standard InChI is InChI=1S/C75H78BN3O/c1-45-36-65-69-66(37-45)78(62-43-56-54(38-47(62)3)70(4,5)32-34-72(56,8)9)63-40-50(79-61-29-24-48(51-21-15-14-20-46(51)2)39-58(61)74(12)30-18-19-31-75(74,79)13)26-28-59(63)76(69)60-42-55-57(73(10,11)35-33-71(55,6)7)44-64(60)77(65)49-25-27-53-52-22-16-17-23-67(52)80-68(53)41-49/h14-17,20-29,36-44H,18-19,30-35H2,1-13H3. The maximum absolute atomic E-state index is 6.74. The topological polar surface area (TPSA) is 22.9 Å². The lowest BCUT2D eigenvalue weighted by Crippen LogP contribution is -2.62. The van der Waals surface area contributed by atoms with Crippen LogP contribution >= 0.6 is 0 Å². The van der Waals surface area contributed by atoms with Gasteiger partial charge in [0.1, 0.15) is 11.2 Å². The van der Waals surface area contributed by atoms with Crippen molar-refractivity contribution in [2.75, 3.05) is 14.7 Å². The van der Waals surface area contributed by atoms with Gasteiger partial charge in [-0.05, 0) is 227 Å². The number of furan rings is 1. The van der Waals surface area contributed by atoms with E-state index in [1.54, 1.807) is 0 Å². The summed E-state index contributed by atoms with van der Waals surface area (Å²) in [5.74, 6) is 0. The van der Waals surface area contributed by atoms with Crippen LogP contribution in [0.3, 0.4) is 0 Å². The number of aryl methyl sites for hydroxylation is 3. The molecule has 15 rings (SSSR count). The van der Waals surface area contributed by atoms with Gasteiger partial charge in [0.05, 0.1) is 5.54 Å². The highest BCUT2D eigenvalue weighted by Crippen LogP contribution is 2.62. The van der Waals surface area contributed by atoms with Crippen LogP contribution in [-0.4, -0.2) is 12.3 Å². The van der Waals surface area contributed by atoms with Gasteiger partial charge in [0.15, 0.2) is 0 Å². The SMILES string of the molecule is Cc1cc2c3c(c1)N(c1cc4c(cc1C)C(C)(C)CCC4(C)C)c1cc(N4c5ccc(-c6ccccc6C)cc5C5(C)CCCCC45C)ccc1B3c1cc3c(cc1N2c1ccc2c(c1)oc1ccccc12)C(C)(C)CCC3(C)C. The third kappa shape index (κ3) is 6.82. The molecular formula is C75H78BN3O. The zero-order valence-corrected chi connectivity index (χ0v) is 49.8. The third-order valence-electron chi connectivity index (χ3n) is 22.0. The van der Waals surface area contributed by atoms with E-state index in [4.69, 9.17) is 4.42 Å². The van der Waals surface area contributed by atoms with Gasteiger partial charge in [-0.15, -0.1) is 0 Å². The van der Waals surface area contributed by atoms with Gasteiger partial charge >= 0.3 is 0 Å². The zero-order valence-electron chi connectivity index (χ0n) is 49.8. The number of benzene rings is 8. The highest BCUT2D eigenvalue weighted by Gasteiger charge is 2.58. The lowest BCUT2D eigenvalue weighted by atomic mass is 9.33. The van der Waals surface area contributed by atoms with Crippen molar-refractivity contribution in [3.05, 3.63) is 184 Å². The van der Waals surface area contributed by atoms with Crippen molar-refractivity contribution in [3.63, 3.8) is 0 Å². The smallest absolute Gasteiger partial charge is 0.252 e. The molecule has 0 spiro atoms. The minimum atomic E-state index is -0.124. The van der Waals surface area contributed by atoms with Crippen LogP contribution in [0.5, 0.6) is 0 Å². The molecule has 1 aromatic heterocycles. The molecule has 0 N–H and O–H groups in total. The monoisotopic (exact) mass is 1050 g/mol. The number of nitrogens with zero attached hydrogens (tertiary/aromatic N) is 3. The first kappa shape index (κ1) is 50.0. The molecule has 4 heterocycles. The predicted molar refractivity (Wildman–Crippen MR) is 341 cm³/mol. The number of hydrogen-bond acceptors (Lipinski definition) is 4. The maximum Gasteiger partial charge on any atom is 0.252 e. The van der Waals surface area contributed by atoms with Crippen molar-refractivity contribution >= 4 is 90.5 Å². The van der Waals surface area contributed by atoms with E-state index >= 15 is 0 Å². The Hall–Kier alpha value is -6.98. The van der Waals surface area contributed by atoms with Gasteiger partial charge in [-0.2, -0.15) is 0 Å². The Morgan fingerprint density at radius 2 is 1.01 bits per heavy atom. The summed E-state index contributed by atoms with van der Waals surface area (Å²) in [6, 6.07) is 55.2. The average Bonchev–Trinajstić information content (AvgIpc) is 4.08. The quantitative estimate of drug-likeness (QED) is 0.164. The molecule has 402 valence electrons. The van der Waals surface area contributed by atoms with Crippen LogP contribution < -0.4 is 31.1 Å². The molecule has 2 unspecified atom stereocenters. The lowest BCUT2D eigenvalue weighted by Gasteiger charge is -2.51. The molecule has 4 nitrogen and oxygen atoms in total. The molecule has 3 aliphatic carbocycles. The van der Waals surface area contributed by atoms with E-state index in [1.165, 1.54) is 138 Å². The number of para-hydroxylation sites is 1. The Morgan fingerprint density at radius 3 is 1.74 bits per heavy atom. The summed E-state index contributed by atoms with van der Waals surface area (Å²) in [5, 5.41) is 2.31. The van der Waals surface area contributed by atoms with Crippen LogP contribution in [0.1, 0.15) is 165 Å². The molecule has 5 heteroatoms. The molecule has 3 aliphatic heterocycles. The summed E-state index contributed by atoms with van der Waals surface area (Å²) in [6.07, 6.45) is 9.44. The molecular weight excluding hydrogens is 970 g/mol. The molecule has 9 aromatic rings. The molecule has 8 aromatic carbocycles. The molecule has 1 fully saturated rings. The van der Waals surface area contributed by atoms with E-state index in [1.807, 2.05) is 0 Å². The second-order valence-electron chi connectivity index (χ2n) is 28.7. The van der Waals surface area contributed by atoms with Gasteiger partial charge in [-0.3, -0.25) is 0 Å². The van der Waals surface area contributed by atoms with E-state index in [2.05, 4.69) is 244 Å². The average molecular weight is 1050 g/mol. The van der Waals surface area contributed by atoms with E-state index in [0.717, 1.165) is 53.3 Å². The van der Waals surface area contributed by atoms with Gasteiger partial charge < -0.3 is 19.1 Å². The fourth-order valence-corrected chi connectivity index (χ4v) is 16.9. The third-order valence-corrected chi connectivity index (χ3v) is 22.0. The molecule has 6 aliphatic rings. The van der Waals surface area contributed by atoms with Gasteiger partial charge in [0.2, 0.25) is 0 Å². The van der Waals surface area contributed by atoms with Crippen LogP contribution in [0.15, 0.2) is 144 Å². The Morgan fingerprint density at radius 1 is 0.412 bits per heavy atom. The summed E-state index contributed by atoms with van der Waals surface area (Å²) in [6.45, 7) is 32.0. The van der Waals surface area contributed by atoms with E-state index in [9.17, 15) is 0 Å². The first-order valence-corrected chi connectivity index (χ1v) is 30.2. The first-order valence-electron chi connectivity index (χ1n) is 30.2. The Labute approximate surface area is 476 Å². The zero-order chi connectivity index (χ0) is 55.4. The second-order valence-corrected chi connectivity index (χ2v) is 28.7. The summed E-state index contributed by atoms with van der Waals surface area (Å²) in [5.41, 5.74) is 30.1. The number of anilines is 8. The first-order chi connectivity index (χ1) is 38.1. The van der Waals surface area contributed by atoms with Crippen LogP contribution in [0.4, 0.5) is 45.5 Å². The van der Waals surface area contributed by atoms with Crippen molar-refractivity contribution in [1.29, 1.82) is 0 Å². The maximum atomic E-state index is 6.74. The van der Waals surface area contributed by atoms with E-state index in [-0.39, 0.29) is 39.3 Å². The normalized spacial score (nSPS) is 22.3. The lowest BCUT2D eigenvalue weighted by molar-refractivity contribution is 0.195. The number of rotatable bonds is 4. The highest BCUT2D eigenvalue weighted by atomic mass is 16.3. The highest BCUT2D eigenvalue weighted by molar-refractivity contribution is 7.00. The summed E-state index contributed by atoms with van der Waals surface area (Å²) < 4.78 is 6.74. The predicted octanol–water partition coefficient (Wildman–Crippen LogP) is 18.7. The van der Waals surface area contributed by atoms with Gasteiger partial charge in [0.25, 0.3) is 6.71 Å². The van der Waals surface area contributed by atoms with Crippen LogP contribution in [0.2, 0.25) is 0 Å². The van der Waals surface area contributed by atoms with Crippen molar-refractivity contribution in [1.82, 2.24) is 0 Å². The second kappa shape index (κ2) is 16.6. The fourth-order valence-electron chi connectivity index (χ4n) is 16.9. The Balaban J connectivity index is 1.02. The molecule has 0 bridgehead atoms.